The number of benzene rings is 1. The first-order valence-corrected chi connectivity index (χ1v) is 9.82. The Hall–Kier alpha value is -1.06. The molecule has 1 heterocycles. The molecule has 1 saturated carbocycles. The Labute approximate surface area is 150 Å². The number of carbonyl (C=O) groups excluding carboxylic acids is 1. The number of carbonyl (C=O) groups is 1. The molecule has 3 rings (SSSR count). The van der Waals surface area contributed by atoms with Gasteiger partial charge in [-0.15, -0.1) is 0 Å². The minimum atomic E-state index is 0.263. The van der Waals surface area contributed by atoms with Crippen molar-refractivity contribution in [3.8, 4) is 0 Å². The van der Waals surface area contributed by atoms with Crippen LogP contribution < -0.4 is 5.32 Å². The van der Waals surface area contributed by atoms with Gasteiger partial charge in [-0.05, 0) is 44.2 Å². The molecule has 3 nitrogen and oxygen atoms in total. The van der Waals surface area contributed by atoms with Crippen LogP contribution in [0.5, 0.6) is 0 Å². The normalized spacial score (nSPS) is 22.2. The zero-order valence-electron chi connectivity index (χ0n) is 14.6. The lowest BCUT2D eigenvalue weighted by molar-refractivity contribution is -0.127. The van der Waals surface area contributed by atoms with Crippen LogP contribution in [-0.2, 0) is 4.79 Å². The fourth-order valence-electron chi connectivity index (χ4n) is 4.13. The molecule has 1 saturated heterocycles. The highest BCUT2D eigenvalue weighted by Crippen LogP contribution is 2.29. The maximum atomic E-state index is 12.4. The summed E-state index contributed by atoms with van der Waals surface area (Å²) in [6, 6.07) is 8.78. The monoisotopic (exact) mass is 348 g/mol. The van der Waals surface area contributed by atoms with Crippen LogP contribution >= 0.6 is 11.6 Å². The lowest BCUT2D eigenvalue weighted by Crippen LogP contribution is -2.47. The van der Waals surface area contributed by atoms with Crippen molar-refractivity contribution in [2.75, 3.05) is 13.1 Å². The number of hydrogen-bond acceptors (Lipinski definition) is 2. The van der Waals surface area contributed by atoms with E-state index >= 15 is 0 Å². The fourth-order valence-corrected chi connectivity index (χ4v) is 4.42. The fraction of sp³-hybridized carbons (Fsp3) is 0.650. The number of amides is 1. The Kier molecular flexibility index (Phi) is 6.18. The molecule has 1 unspecified atom stereocenters. The molecule has 0 bridgehead atoms. The van der Waals surface area contributed by atoms with Gasteiger partial charge in [-0.1, -0.05) is 49.1 Å². The molecule has 1 aromatic rings. The highest BCUT2D eigenvalue weighted by atomic mass is 35.5. The molecule has 132 valence electrons. The van der Waals surface area contributed by atoms with E-state index in [2.05, 4.69) is 29.3 Å². The topological polar surface area (TPSA) is 32.3 Å². The summed E-state index contributed by atoms with van der Waals surface area (Å²) < 4.78 is 0. The first kappa shape index (κ1) is 17.8. The number of nitrogens with zero attached hydrogens (tertiary/aromatic N) is 1. The molecule has 0 spiro atoms. The molecule has 0 aromatic heterocycles. The van der Waals surface area contributed by atoms with Gasteiger partial charge in [-0.25, -0.2) is 0 Å². The summed E-state index contributed by atoms with van der Waals surface area (Å²) in [5.74, 6) is 0.561. The van der Waals surface area contributed by atoms with Gasteiger partial charge in [-0.3, -0.25) is 9.69 Å². The highest BCUT2D eigenvalue weighted by Gasteiger charge is 2.28. The van der Waals surface area contributed by atoms with Gasteiger partial charge in [-0.2, -0.15) is 0 Å². The van der Waals surface area contributed by atoms with Crippen LogP contribution in [0.4, 0.5) is 0 Å². The van der Waals surface area contributed by atoms with E-state index in [1.807, 2.05) is 12.1 Å². The molecule has 24 heavy (non-hydrogen) atoms. The zero-order valence-corrected chi connectivity index (χ0v) is 15.4. The van der Waals surface area contributed by atoms with Crippen molar-refractivity contribution < 1.29 is 4.79 Å². The van der Waals surface area contributed by atoms with Crippen molar-refractivity contribution >= 4 is 17.5 Å². The smallest absolute Gasteiger partial charge is 0.223 e. The van der Waals surface area contributed by atoms with E-state index in [-0.39, 0.29) is 5.92 Å². The van der Waals surface area contributed by atoms with Crippen LogP contribution in [0, 0.1) is 5.92 Å². The predicted molar refractivity (Wildman–Crippen MR) is 99.2 cm³/mol. The first-order chi connectivity index (χ1) is 11.6. The van der Waals surface area contributed by atoms with Crippen LogP contribution in [0.3, 0.4) is 0 Å². The third-order valence-corrected chi connectivity index (χ3v) is 6.10. The molecule has 1 aliphatic carbocycles. The van der Waals surface area contributed by atoms with Gasteiger partial charge in [0.15, 0.2) is 0 Å². The summed E-state index contributed by atoms with van der Waals surface area (Å²) in [6.45, 7) is 4.26. The Morgan fingerprint density at radius 2 is 1.79 bits per heavy atom. The van der Waals surface area contributed by atoms with E-state index in [4.69, 9.17) is 11.6 Å². The van der Waals surface area contributed by atoms with Crippen molar-refractivity contribution in [1.82, 2.24) is 10.2 Å². The van der Waals surface area contributed by atoms with Gasteiger partial charge in [0.05, 0.1) is 0 Å². The quantitative estimate of drug-likeness (QED) is 0.864. The van der Waals surface area contributed by atoms with Gasteiger partial charge in [0.2, 0.25) is 5.91 Å². The van der Waals surface area contributed by atoms with Crippen molar-refractivity contribution in [2.24, 2.45) is 5.92 Å². The average molecular weight is 349 g/mol. The molecule has 1 aromatic carbocycles. The van der Waals surface area contributed by atoms with Gasteiger partial charge < -0.3 is 5.32 Å². The molecule has 1 amide bonds. The second kappa shape index (κ2) is 8.35. The van der Waals surface area contributed by atoms with E-state index < -0.39 is 0 Å². The summed E-state index contributed by atoms with van der Waals surface area (Å²) in [6.07, 6.45) is 7.95. The molecule has 2 aliphatic rings. The highest BCUT2D eigenvalue weighted by molar-refractivity contribution is 6.31. The number of likely N-dealkylation sites (tertiary alicyclic amines) is 1. The Bertz CT molecular complexity index is 548. The number of halogens is 1. The second-order valence-electron chi connectivity index (χ2n) is 7.35. The molecule has 1 aliphatic heterocycles. The maximum absolute atomic E-state index is 12.4. The van der Waals surface area contributed by atoms with Gasteiger partial charge in [0, 0.05) is 36.1 Å². The number of nitrogens with one attached hydrogen (secondary N) is 1. The van der Waals surface area contributed by atoms with Crippen LogP contribution in [0.15, 0.2) is 24.3 Å². The lowest BCUT2D eigenvalue weighted by Gasteiger charge is -2.37. The SMILES string of the molecule is CC(c1ccccc1Cl)N1CCC(NC(=O)C2CCCCC2)CC1. The molecular weight excluding hydrogens is 320 g/mol. The number of hydrogen-bond donors (Lipinski definition) is 1. The standard InChI is InChI=1S/C20H29ClN2O/c1-15(18-9-5-6-10-19(18)21)23-13-11-17(12-14-23)22-20(24)16-7-3-2-4-8-16/h5-6,9-10,15-17H,2-4,7-8,11-14H2,1H3,(H,22,24). The van der Waals surface area contributed by atoms with E-state index in [0.29, 0.717) is 18.0 Å². The van der Waals surface area contributed by atoms with E-state index in [9.17, 15) is 4.79 Å². The van der Waals surface area contributed by atoms with E-state index in [0.717, 1.165) is 43.8 Å². The number of piperidine rings is 1. The summed E-state index contributed by atoms with van der Waals surface area (Å²) in [5, 5.41) is 4.15. The minimum absolute atomic E-state index is 0.263. The van der Waals surface area contributed by atoms with Crippen molar-refractivity contribution in [3.63, 3.8) is 0 Å². The zero-order chi connectivity index (χ0) is 16.9. The largest absolute Gasteiger partial charge is 0.353 e. The minimum Gasteiger partial charge on any atom is -0.353 e. The first-order valence-electron chi connectivity index (χ1n) is 9.44. The van der Waals surface area contributed by atoms with E-state index in [1.54, 1.807) is 0 Å². The molecule has 4 heteroatoms. The summed E-state index contributed by atoms with van der Waals surface area (Å²) in [4.78, 5) is 14.9. The van der Waals surface area contributed by atoms with Crippen LogP contribution in [0.1, 0.15) is 63.5 Å². The van der Waals surface area contributed by atoms with Crippen LogP contribution in [0.25, 0.3) is 0 Å². The summed E-state index contributed by atoms with van der Waals surface area (Å²) in [7, 11) is 0. The van der Waals surface area contributed by atoms with Gasteiger partial charge >= 0.3 is 0 Å². The van der Waals surface area contributed by atoms with Crippen molar-refractivity contribution in [2.45, 2.75) is 64.0 Å². The van der Waals surface area contributed by atoms with Crippen molar-refractivity contribution in [3.05, 3.63) is 34.9 Å². The Morgan fingerprint density at radius 3 is 2.46 bits per heavy atom. The van der Waals surface area contributed by atoms with Gasteiger partial charge in [0.25, 0.3) is 0 Å². The summed E-state index contributed by atoms with van der Waals surface area (Å²) in [5.41, 5.74) is 1.20. The molecule has 2 fully saturated rings. The molecule has 1 N–H and O–H groups in total. The van der Waals surface area contributed by atoms with Crippen LogP contribution in [0.2, 0.25) is 5.02 Å². The molecule has 0 radical (unpaired) electrons. The number of rotatable bonds is 4. The average Bonchev–Trinajstić information content (AvgIpc) is 2.63. The van der Waals surface area contributed by atoms with Crippen molar-refractivity contribution in [1.29, 1.82) is 0 Å². The molecular formula is C20H29ClN2O. The van der Waals surface area contributed by atoms with Gasteiger partial charge in [0.1, 0.15) is 0 Å². The third kappa shape index (κ3) is 4.31. The molecule has 1 atom stereocenters. The predicted octanol–water partition coefficient (Wildman–Crippen LogP) is 4.56. The van der Waals surface area contributed by atoms with E-state index in [1.165, 1.54) is 24.8 Å². The van der Waals surface area contributed by atoms with Crippen LogP contribution in [-0.4, -0.2) is 29.9 Å². The second-order valence-corrected chi connectivity index (χ2v) is 7.76. The maximum Gasteiger partial charge on any atom is 0.223 e. The Morgan fingerprint density at radius 1 is 1.12 bits per heavy atom. The Balaban J connectivity index is 1.48. The third-order valence-electron chi connectivity index (χ3n) is 5.75. The lowest BCUT2D eigenvalue weighted by atomic mass is 9.88. The summed E-state index contributed by atoms with van der Waals surface area (Å²) >= 11 is 6.34.